The summed E-state index contributed by atoms with van der Waals surface area (Å²) in [5, 5.41) is 12.6. The molecule has 0 spiro atoms. The first-order valence-corrected chi connectivity index (χ1v) is 8.68. The van der Waals surface area contributed by atoms with E-state index in [9.17, 15) is 19.5 Å². The van der Waals surface area contributed by atoms with Crippen molar-refractivity contribution in [3.8, 4) is 11.1 Å². The second-order valence-electron chi connectivity index (χ2n) is 5.86. The third kappa shape index (κ3) is 2.14. The Balaban J connectivity index is 2.23. The second kappa shape index (κ2) is 5.69. The van der Waals surface area contributed by atoms with Gasteiger partial charge in [0.05, 0.1) is 21.1 Å². The number of aryl methyl sites for hydroxylation is 1. The van der Waals surface area contributed by atoms with E-state index < -0.39 is 17.8 Å². The molecule has 4 rings (SSSR count). The summed E-state index contributed by atoms with van der Waals surface area (Å²) in [7, 11) is 1.59. The molecule has 2 heterocycles. The van der Waals surface area contributed by atoms with Crippen LogP contribution in [0.4, 0.5) is 0 Å². The zero-order chi connectivity index (χ0) is 18.7. The van der Waals surface area contributed by atoms with Crippen LogP contribution in [0.3, 0.4) is 0 Å². The van der Waals surface area contributed by atoms with Crippen molar-refractivity contribution in [1.82, 2.24) is 9.88 Å². The molecule has 1 aliphatic rings. The Morgan fingerprint density at radius 3 is 2.46 bits per heavy atom. The van der Waals surface area contributed by atoms with E-state index in [4.69, 9.17) is 11.6 Å². The topological polar surface area (TPSA) is 88.4 Å². The number of carboxylic acids is 1. The van der Waals surface area contributed by atoms with E-state index in [1.807, 2.05) is 0 Å². The highest BCUT2D eigenvalue weighted by Crippen LogP contribution is 2.42. The van der Waals surface area contributed by atoms with Crippen LogP contribution in [0.15, 0.2) is 34.8 Å². The number of aromatic nitrogens is 1. The van der Waals surface area contributed by atoms with Gasteiger partial charge in [-0.2, -0.15) is 0 Å². The molecule has 0 radical (unpaired) electrons. The number of carboxylic acid groups (broad SMARTS) is 1. The average Bonchev–Trinajstić information content (AvgIpc) is 3.01. The lowest BCUT2D eigenvalue weighted by molar-refractivity contribution is 0.0685. The highest BCUT2D eigenvalue weighted by atomic mass is 79.9. The van der Waals surface area contributed by atoms with Crippen LogP contribution in [0.25, 0.3) is 22.0 Å². The molecule has 6 nitrogen and oxygen atoms in total. The monoisotopic (exact) mass is 432 g/mol. The van der Waals surface area contributed by atoms with Gasteiger partial charge >= 0.3 is 5.97 Å². The molecule has 3 aromatic rings. The number of imide groups is 1. The number of halogens is 2. The number of nitrogens with one attached hydrogen (secondary N) is 1. The van der Waals surface area contributed by atoms with E-state index in [2.05, 4.69) is 21.2 Å². The summed E-state index contributed by atoms with van der Waals surface area (Å²) < 4.78 is 1.73. The van der Waals surface area contributed by atoms with E-state index in [1.54, 1.807) is 37.4 Å². The maximum Gasteiger partial charge on any atom is 0.353 e. The Hall–Kier alpha value is -2.64. The van der Waals surface area contributed by atoms with Crippen LogP contribution < -0.4 is 5.32 Å². The number of nitrogens with zero attached hydrogens (tertiary/aromatic N) is 1. The number of hydrogen-bond donors (Lipinski definition) is 2. The Morgan fingerprint density at radius 2 is 1.81 bits per heavy atom. The molecule has 26 heavy (non-hydrogen) atoms. The van der Waals surface area contributed by atoms with Crippen molar-refractivity contribution >= 4 is 56.2 Å². The Kier molecular flexibility index (Phi) is 3.68. The van der Waals surface area contributed by atoms with Gasteiger partial charge in [0.15, 0.2) is 0 Å². The molecule has 2 N–H and O–H groups in total. The summed E-state index contributed by atoms with van der Waals surface area (Å²) in [5.74, 6) is -2.24. The molecule has 0 atom stereocenters. The summed E-state index contributed by atoms with van der Waals surface area (Å²) in [6.07, 6.45) is 0. The van der Waals surface area contributed by atoms with Crippen molar-refractivity contribution in [3.63, 3.8) is 0 Å². The molecule has 8 heteroatoms. The third-order valence-corrected chi connectivity index (χ3v) is 5.58. The minimum absolute atomic E-state index is 0.00865. The first-order valence-electron chi connectivity index (χ1n) is 7.51. The normalized spacial score (nSPS) is 13.2. The molecule has 1 aromatic heterocycles. The first-order chi connectivity index (χ1) is 12.3. The number of rotatable bonds is 2. The largest absolute Gasteiger partial charge is 0.477 e. The predicted octanol–water partition coefficient (Wildman–Crippen LogP) is 3.84. The number of aromatic carboxylic acids is 1. The fraction of sp³-hybridized carbons (Fsp3) is 0.0556. The molecular formula is C18H10BrClN2O4. The molecular weight excluding hydrogens is 424 g/mol. The fourth-order valence-electron chi connectivity index (χ4n) is 3.36. The molecule has 0 bridgehead atoms. The van der Waals surface area contributed by atoms with Crippen molar-refractivity contribution in [2.24, 2.45) is 7.05 Å². The molecule has 2 amide bonds. The average molecular weight is 434 g/mol. The third-order valence-electron chi connectivity index (χ3n) is 4.48. The van der Waals surface area contributed by atoms with Crippen LogP contribution in [0.2, 0.25) is 5.02 Å². The summed E-state index contributed by atoms with van der Waals surface area (Å²) >= 11 is 9.58. The lowest BCUT2D eigenvalue weighted by Gasteiger charge is -2.10. The zero-order valence-electron chi connectivity index (χ0n) is 13.3. The summed E-state index contributed by atoms with van der Waals surface area (Å²) in [6.45, 7) is 0. The standard InChI is InChI=1S/C18H10BrClN2O4/c1-22-10-6-8(7-4-2-3-5-9(7)20)11-13(17(24)21-16(11)23)12(10)14(19)15(22)18(25)26/h2-6H,1H3,(H,25,26)(H,21,23,24). The maximum atomic E-state index is 12.5. The summed E-state index contributed by atoms with van der Waals surface area (Å²) in [6, 6.07) is 8.65. The number of benzene rings is 2. The lowest BCUT2D eigenvalue weighted by atomic mass is 9.94. The Bertz CT molecular complexity index is 1170. The van der Waals surface area contributed by atoms with Gasteiger partial charge in [-0.3, -0.25) is 14.9 Å². The highest BCUT2D eigenvalue weighted by molar-refractivity contribution is 9.10. The van der Waals surface area contributed by atoms with Crippen LogP contribution >= 0.6 is 27.5 Å². The molecule has 0 aliphatic carbocycles. The number of carbonyl (C=O) groups excluding carboxylic acids is 2. The maximum absolute atomic E-state index is 12.5. The first kappa shape index (κ1) is 16.8. The summed E-state index contributed by atoms with van der Waals surface area (Å²) in [5.41, 5.74) is 1.91. The van der Waals surface area contributed by atoms with Crippen molar-refractivity contribution in [2.45, 2.75) is 0 Å². The van der Waals surface area contributed by atoms with Crippen LogP contribution in [-0.4, -0.2) is 27.5 Å². The number of carbonyl (C=O) groups is 3. The number of fused-ring (bicyclic) bond motifs is 3. The van der Waals surface area contributed by atoms with Gasteiger partial charge in [-0.1, -0.05) is 29.8 Å². The predicted molar refractivity (Wildman–Crippen MR) is 99.8 cm³/mol. The number of amides is 2. The van der Waals surface area contributed by atoms with Crippen molar-refractivity contribution in [3.05, 3.63) is 56.6 Å². The van der Waals surface area contributed by atoms with Crippen molar-refractivity contribution < 1.29 is 19.5 Å². The molecule has 0 unspecified atom stereocenters. The van der Waals surface area contributed by atoms with E-state index in [1.165, 1.54) is 4.57 Å². The SMILES string of the molecule is Cn1c(C(=O)O)c(Br)c2c3c(c(-c4ccccc4Cl)cc21)C(=O)NC3=O. The van der Waals surface area contributed by atoms with Crippen LogP contribution in [0.1, 0.15) is 31.2 Å². The van der Waals surface area contributed by atoms with Gasteiger partial charge < -0.3 is 9.67 Å². The van der Waals surface area contributed by atoms with E-state index in [0.29, 0.717) is 27.1 Å². The highest BCUT2D eigenvalue weighted by Gasteiger charge is 2.36. The molecule has 2 aromatic carbocycles. The molecule has 0 fully saturated rings. The zero-order valence-corrected chi connectivity index (χ0v) is 15.6. The van der Waals surface area contributed by atoms with Crippen LogP contribution in [0, 0.1) is 0 Å². The minimum atomic E-state index is -1.15. The van der Waals surface area contributed by atoms with E-state index >= 15 is 0 Å². The Labute approximate surface area is 160 Å². The van der Waals surface area contributed by atoms with Crippen LogP contribution in [0.5, 0.6) is 0 Å². The van der Waals surface area contributed by atoms with Gasteiger partial charge in [-0.05, 0) is 33.6 Å². The van der Waals surface area contributed by atoms with Gasteiger partial charge in [0.1, 0.15) is 5.69 Å². The van der Waals surface area contributed by atoms with Gasteiger partial charge in [0, 0.05) is 23.0 Å². The van der Waals surface area contributed by atoms with Gasteiger partial charge in [0.25, 0.3) is 11.8 Å². The molecule has 0 saturated carbocycles. The molecule has 1 aliphatic heterocycles. The van der Waals surface area contributed by atoms with E-state index in [0.717, 1.165) is 0 Å². The quantitative estimate of drug-likeness (QED) is 0.601. The van der Waals surface area contributed by atoms with Crippen molar-refractivity contribution in [2.75, 3.05) is 0 Å². The molecule has 130 valence electrons. The minimum Gasteiger partial charge on any atom is -0.477 e. The lowest BCUT2D eigenvalue weighted by Crippen LogP contribution is -2.20. The molecule has 0 saturated heterocycles. The van der Waals surface area contributed by atoms with Crippen LogP contribution in [-0.2, 0) is 7.05 Å². The van der Waals surface area contributed by atoms with Crippen molar-refractivity contribution in [1.29, 1.82) is 0 Å². The van der Waals surface area contributed by atoms with E-state index in [-0.39, 0.29) is 21.3 Å². The van der Waals surface area contributed by atoms with Gasteiger partial charge in [-0.25, -0.2) is 4.79 Å². The smallest absolute Gasteiger partial charge is 0.353 e. The Morgan fingerprint density at radius 1 is 1.15 bits per heavy atom. The van der Waals surface area contributed by atoms with Gasteiger partial charge in [0.2, 0.25) is 0 Å². The number of hydrogen-bond acceptors (Lipinski definition) is 3. The fourth-order valence-corrected chi connectivity index (χ4v) is 4.44. The second-order valence-corrected chi connectivity index (χ2v) is 7.06. The summed E-state index contributed by atoms with van der Waals surface area (Å²) in [4.78, 5) is 36.5. The van der Waals surface area contributed by atoms with Gasteiger partial charge in [-0.15, -0.1) is 0 Å².